The van der Waals surface area contributed by atoms with Gasteiger partial charge in [-0.3, -0.25) is 4.40 Å². The summed E-state index contributed by atoms with van der Waals surface area (Å²) in [5.41, 5.74) is 0.824. The Morgan fingerprint density at radius 2 is 2.33 bits per heavy atom. The molecular formula is C12H8BrFN2OS. The SMILES string of the molecule is Fc1cc(OCc2cn3ccsc3n2)ccc1Br. The van der Waals surface area contributed by atoms with Gasteiger partial charge in [0.15, 0.2) is 4.96 Å². The molecule has 0 saturated carbocycles. The summed E-state index contributed by atoms with van der Waals surface area (Å²) in [5, 5.41) is 1.97. The van der Waals surface area contributed by atoms with Crippen LogP contribution in [0.25, 0.3) is 4.96 Å². The Morgan fingerprint density at radius 1 is 1.44 bits per heavy atom. The summed E-state index contributed by atoms with van der Waals surface area (Å²) in [6.07, 6.45) is 3.84. The molecule has 6 heteroatoms. The zero-order chi connectivity index (χ0) is 12.5. The van der Waals surface area contributed by atoms with Gasteiger partial charge in [-0.25, -0.2) is 9.37 Å². The predicted octanol–water partition coefficient (Wildman–Crippen LogP) is 3.88. The average molecular weight is 327 g/mol. The van der Waals surface area contributed by atoms with Crippen LogP contribution in [-0.4, -0.2) is 9.38 Å². The predicted molar refractivity (Wildman–Crippen MR) is 71.5 cm³/mol. The minimum atomic E-state index is -0.335. The van der Waals surface area contributed by atoms with E-state index in [1.165, 1.54) is 6.07 Å². The maximum Gasteiger partial charge on any atom is 0.193 e. The summed E-state index contributed by atoms with van der Waals surface area (Å²) in [7, 11) is 0. The van der Waals surface area contributed by atoms with Crippen molar-refractivity contribution >= 4 is 32.2 Å². The minimum absolute atomic E-state index is 0.329. The molecule has 0 bridgehead atoms. The van der Waals surface area contributed by atoms with Crippen molar-refractivity contribution in [1.82, 2.24) is 9.38 Å². The van der Waals surface area contributed by atoms with Crippen LogP contribution in [0.3, 0.4) is 0 Å². The van der Waals surface area contributed by atoms with Crippen LogP contribution in [0.1, 0.15) is 5.69 Å². The van der Waals surface area contributed by atoms with E-state index in [1.807, 2.05) is 22.2 Å². The monoisotopic (exact) mass is 326 g/mol. The fraction of sp³-hybridized carbons (Fsp3) is 0.0833. The Hall–Kier alpha value is -1.40. The maximum atomic E-state index is 13.3. The molecule has 3 nitrogen and oxygen atoms in total. The van der Waals surface area contributed by atoms with Crippen molar-refractivity contribution < 1.29 is 9.13 Å². The molecule has 0 aliphatic heterocycles. The first kappa shape index (κ1) is 11.7. The molecule has 18 heavy (non-hydrogen) atoms. The largest absolute Gasteiger partial charge is 0.487 e. The Morgan fingerprint density at radius 3 is 3.11 bits per heavy atom. The number of rotatable bonds is 3. The summed E-state index contributed by atoms with van der Waals surface area (Å²) < 4.78 is 21.1. The molecule has 3 rings (SSSR count). The molecule has 0 saturated heterocycles. The van der Waals surface area contributed by atoms with E-state index in [0.717, 1.165) is 10.7 Å². The molecule has 0 N–H and O–H groups in total. The first-order valence-electron chi connectivity index (χ1n) is 5.21. The second kappa shape index (κ2) is 4.70. The molecular weight excluding hydrogens is 319 g/mol. The summed E-state index contributed by atoms with van der Waals surface area (Å²) >= 11 is 4.66. The number of fused-ring (bicyclic) bond motifs is 1. The average Bonchev–Trinajstić information content (AvgIpc) is 2.91. The fourth-order valence-electron chi connectivity index (χ4n) is 1.57. The van der Waals surface area contributed by atoms with Crippen LogP contribution in [0, 0.1) is 5.82 Å². The number of halogens is 2. The third-order valence-corrected chi connectivity index (χ3v) is 3.83. The van der Waals surface area contributed by atoms with Gasteiger partial charge in [0.1, 0.15) is 18.2 Å². The van der Waals surface area contributed by atoms with Gasteiger partial charge in [0.2, 0.25) is 0 Å². The van der Waals surface area contributed by atoms with E-state index in [0.29, 0.717) is 16.8 Å². The standard InChI is InChI=1S/C12H8BrFN2OS/c13-10-2-1-9(5-11(10)14)17-7-8-6-16-3-4-18-12(16)15-8/h1-6H,7H2. The highest BCUT2D eigenvalue weighted by molar-refractivity contribution is 9.10. The van der Waals surface area contributed by atoms with E-state index in [9.17, 15) is 4.39 Å². The number of thiazole rings is 1. The first-order valence-corrected chi connectivity index (χ1v) is 6.88. The number of hydrogen-bond acceptors (Lipinski definition) is 3. The highest BCUT2D eigenvalue weighted by Crippen LogP contribution is 2.21. The van der Waals surface area contributed by atoms with Crippen molar-refractivity contribution in [2.24, 2.45) is 0 Å². The Bertz CT molecular complexity index is 666. The number of hydrogen-bond donors (Lipinski definition) is 0. The number of ether oxygens (including phenoxy) is 1. The van der Waals surface area contributed by atoms with E-state index in [4.69, 9.17) is 4.74 Å². The lowest BCUT2D eigenvalue weighted by Gasteiger charge is -2.04. The van der Waals surface area contributed by atoms with Crippen molar-refractivity contribution in [1.29, 1.82) is 0 Å². The van der Waals surface area contributed by atoms with Gasteiger partial charge in [0, 0.05) is 23.8 Å². The van der Waals surface area contributed by atoms with Gasteiger partial charge in [0.25, 0.3) is 0 Å². The van der Waals surface area contributed by atoms with Crippen LogP contribution >= 0.6 is 27.3 Å². The lowest BCUT2D eigenvalue weighted by molar-refractivity contribution is 0.300. The van der Waals surface area contributed by atoms with Gasteiger partial charge in [-0.05, 0) is 28.1 Å². The zero-order valence-corrected chi connectivity index (χ0v) is 11.5. The molecule has 3 aromatic rings. The molecule has 0 aliphatic rings. The van der Waals surface area contributed by atoms with Crippen LogP contribution in [0.4, 0.5) is 4.39 Å². The summed E-state index contributed by atoms with van der Waals surface area (Å²) in [4.78, 5) is 5.31. The van der Waals surface area contributed by atoms with Crippen LogP contribution < -0.4 is 4.74 Å². The Labute approximate surface area is 115 Å². The van der Waals surface area contributed by atoms with Gasteiger partial charge in [0.05, 0.1) is 10.2 Å². The number of imidazole rings is 1. The minimum Gasteiger partial charge on any atom is -0.487 e. The third kappa shape index (κ3) is 2.26. The summed E-state index contributed by atoms with van der Waals surface area (Å²) in [6.45, 7) is 0.329. The summed E-state index contributed by atoms with van der Waals surface area (Å²) in [5.74, 6) is 0.158. The van der Waals surface area contributed by atoms with Crippen LogP contribution in [0.5, 0.6) is 5.75 Å². The van der Waals surface area contributed by atoms with Crippen LogP contribution in [0.2, 0.25) is 0 Å². The normalized spacial score (nSPS) is 11.0. The van der Waals surface area contributed by atoms with Gasteiger partial charge in [-0.2, -0.15) is 0 Å². The molecule has 0 atom stereocenters. The van der Waals surface area contributed by atoms with Gasteiger partial charge in [-0.1, -0.05) is 0 Å². The lowest BCUT2D eigenvalue weighted by atomic mass is 10.3. The van der Waals surface area contributed by atoms with Crippen molar-refractivity contribution in [2.45, 2.75) is 6.61 Å². The van der Waals surface area contributed by atoms with Gasteiger partial charge in [-0.15, -0.1) is 11.3 Å². The van der Waals surface area contributed by atoms with E-state index < -0.39 is 0 Å². The molecule has 0 amide bonds. The van der Waals surface area contributed by atoms with E-state index >= 15 is 0 Å². The quantitative estimate of drug-likeness (QED) is 0.730. The summed E-state index contributed by atoms with van der Waals surface area (Å²) in [6, 6.07) is 4.69. The van der Waals surface area contributed by atoms with Crippen LogP contribution in [-0.2, 0) is 6.61 Å². The molecule has 0 unspecified atom stereocenters. The highest BCUT2D eigenvalue weighted by Gasteiger charge is 2.05. The van der Waals surface area contributed by atoms with Crippen molar-refractivity contribution in [3.05, 3.63) is 52.0 Å². The third-order valence-electron chi connectivity index (χ3n) is 2.42. The number of nitrogens with zero attached hydrogens (tertiary/aromatic N) is 2. The lowest BCUT2D eigenvalue weighted by Crippen LogP contribution is -1.96. The van der Waals surface area contributed by atoms with Crippen LogP contribution in [0.15, 0.2) is 40.4 Å². The molecule has 2 heterocycles. The van der Waals surface area contributed by atoms with E-state index in [-0.39, 0.29) is 5.82 Å². The second-order valence-corrected chi connectivity index (χ2v) is 5.42. The molecule has 0 aliphatic carbocycles. The molecule has 92 valence electrons. The van der Waals surface area contributed by atoms with E-state index in [1.54, 1.807) is 23.5 Å². The molecule has 0 radical (unpaired) electrons. The second-order valence-electron chi connectivity index (χ2n) is 3.69. The number of aromatic nitrogens is 2. The first-order chi connectivity index (χ1) is 8.72. The zero-order valence-electron chi connectivity index (χ0n) is 9.14. The van der Waals surface area contributed by atoms with Gasteiger partial charge < -0.3 is 4.74 Å². The Balaban J connectivity index is 1.73. The van der Waals surface area contributed by atoms with Crippen molar-refractivity contribution in [2.75, 3.05) is 0 Å². The van der Waals surface area contributed by atoms with Crippen molar-refractivity contribution in [3.63, 3.8) is 0 Å². The highest BCUT2D eigenvalue weighted by atomic mass is 79.9. The fourth-order valence-corrected chi connectivity index (χ4v) is 2.54. The van der Waals surface area contributed by atoms with Crippen molar-refractivity contribution in [3.8, 4) is 5.75 Å². The van der Waals surface area contributed by atoms with Gasteiger partial charge >= 0.3 is 0 Å². The molecule has 0 fully saturated rings. The topological polar surface area (TPSA) is 26.5 Å². The smallest absolute Gasteiger partial charge is 0.193 e. The Kier molecular flexibility index (Phi) is 3.05. The maximum absolute atomic E-state index is 13.3. The molecule has 2 aromatic heterocycles. The molecule has 1 aromatic carbocycles. The van der Waals surface area contributed by atoms with E-state index in [2.05, 4.69) is 20.9 Å². The molecule has 0 spiro atoms. The number of benzene rings is 1.